The highest BCUT2D eigenvalue weighted by Gasteiger charge is 2.10. The van der Waals surface area contributed by atoms with Gasteiger partial charge in [-0.1, -0.05) is 33.8 Å². The molecule has 0 atom stereocenters. The summed E-state index contributed by atoms with van der Waals surface area (Å²) >= 11 is 0. The van der Waals surface area contributed by atoms with E-state index in [-0.39, 0.29) is 5.56 Å². The van der Waals surface area contributed by atoms with E-state index in [1.807, 2.05) is 27.7 Å². The van der Waals surface area contributed by atoms with Gasteiger partial charge in [-0.15, -0.1) is 0 Å². The molecule has 1 aromatic heterocycles. The lowest BCUT2D eigenvalue weighted by Crippen LogP contribution is -1.95. The average Bonchev–Trinajstić information content (AvgIpc) is 2.73. The van der Waals surface area contributed by atoms with Crippen molar-refractivity contribution >= 4 is 16.9 Å². The average molecular weight is 236 g/mol. The van der Waals surface area contributed by atoms with Gasteiger partial charge in [0.2, 0.25) is 0 Å². The molecule has 0 saturated heterocycles. The monoisotopic (exact) mass is 236 g/mol. The second-order valence-electron chi connectivity index (χ2n) is 2.88. The molecule has 3 nitrogen and oxygen atoms in total. The molecule has 1 N–H and O–H groups in total. The first-order valence-corrected chi connectivity index (χ1v) is 5.91. The Morgan fingerprint density at radius 2 is 1.76 bits per heavy atom. The minimum Gasteiger partial charge on any atom is -0.478 e. The molecule has 0 bridgehead atoms. The molecule has 1 heterocycles. The van der Waals surface area contributed by atoms with Crippen molar-refractivity contribution in [2.45, 2.75) is 34.6 Å². The van der Waals surface area contributed by atoms with E-state index in [9.17, 15) is 4.79 Å². The van der Waals surface area contributed by atoms with Gasteiger partial charge in [-0.2, -0.15) is 0 Å². The number of furan rings is 1. The molecule has 0 radical (unpaired) electrons. The Balaban J connectivity index is 0.000000581. The largest absolute Gasteiger partial charge is 0.478 e. The first-order valence-electron chi connectivity index (χ1n) is 5.91. The van der Waals surface area contributed by atoms with Gasteiger partial charge in [0, 0.05) is 5.39 Å². The highest BCUT2D eigenvalue weighted by Crippen LogP contribution is 2.22. The zero-order valence-electron chi connectivity index (χ0n) is 11.1. The third-order valence-corrected chi connectivity index (χ3v) is 1.92. The molecule has 0 spiro atoms. The molecule has 0 amide bonds. The molecule has 0 aliphatic rings. The standard InChI is InChI=1S/C10H8O3.2C2H6/c1-6-5-8-7(10(11)12)3-2-4-9(8)13-6;2*1-2/h2-5H,1H3,(H,11,12);2*1-2H3. The molecule has 1 aromatic carbocycles. The fourth-order valence-electron chi connectivity index (χ4n) is 1.37. The fraction of sp³-hybridized carbons (Fsp3) is 0.357. The van der Waals surface area contributed by atoms with E-state index < -0.39 is 5.97 Å². The number of aryl methyl sites for hydroxylation is 1. The normalized spacial score (nSPS) is 8.76. The minimum absolute atomic E-state index is 0.286. The summed E-state index contributed by atoms with van der Waals surface area (Å²) in [6.07, 6.45) is 0. The van der Waals surface area contributed by atoms with E-state index in [1.165, 1.54) is 0 Å². The number of carbonyl (C=O) groups is 1. The van der Waals surface area contributed by atoms with Crippen LogP contribution in [0.5, 0.6) is 0 Å². The SMILES string of the molecule is CC.CC.Cc1cc2c(C(=O)O)cccc2o1. The smallest absolute Gasteiger partial charge is 0.336 e. The maximum absolute atomic E-state index is 10.8. The summed E-state index contributed by atoms with van der Waals surface area (Å²) < 4.78 is 5.30. The molecule has 94 valence electrons. The number of carboxylic acid groups (broad SMARTS) is 1. The quantitative estimate of drug-likeness (QED) is 0.793. The van der Waals surface area contributed by atoms with Gasteiger partial charge >= 0.3 is 5.97 Å². The first-order chi connectivity index (χ1) is 8.18. The van der Waals surface area contributed by atoms with Crippen molar-refractivity contribution in [3.63, 3.8) is 0 Å². The van der Waals surface area contributed by atoms with Crippen LogP contribution in [0.3, 0.4) is 0 Å². The Labute approximate surface area is 102 Å². The summed E-state index contributed by atoms with van der Waals surface area (Å²) in [5, 5.41) is 9.51. The minimum atomic E-state index is -0.925. The van der Waals surface area contributed by atoms with E-state index in [0.717, 1.165) is 5.76 Å². The number of hydrogen-bond donors (Lipinski definition) is 1. The maximum Gasteiger partial charge on any atom is 0.336 e. The number of aromatic carboxylic acids is 1. The summed E-state index contributed by atoms with van der Waals surface area (Å²) in [4.78, 5) is 10.8. The number of carboxylic acids is 1. The second kappa shape index (κ2) is 7.49. The van der Waals surface area contributed by atoms with Crippen LogP contribution in [0, 0.1) is 6.92 Å². The number of fused-ring (bicyclic) bond motifs is 1. The van der Waals surface area contributed by atoms with Crippen LogP contribution in [0.1, 0.15) is 43.8 Å². The number of hydrogen-bond acceptors (Lipinski definition) is 2. The molecule has 2 rings (SSSR count). The number of benzene rings is 1. The van der Waals surface area contributed by atoms with Gasteiger partial charge < -0.3 is 9.52 Å². The number of rotatable bonds is 1. The second-order valence-corrected chi connectivity index (χ2v) is 2.88. The van der Waals surface area contributed by atoms with Gasteiger partial charge in [0.1, 0.15) is 11.3 Å². The Morgan fingerprint density at radius 3 is 2.29 bits per heavy atom. The van der Waals surface area contributed by atoms with Crippen LogP contribution >= 0.6 is 0 Å². The van der Waals surface area contributed by atoms with Crippen LogP contribution in [-0.4, -0.2) is 11.1 Å². The van der Waals surface area contributed by atoms with Gasteiger partial charge in [0.15, 0.2) is 0 Å². The molecule has 0 aliphatic carbocycles. The van der Waals surface area contributed by atoms with Crippen LogP contribution in [-0.2, 0) is 0 Å². The molecule has 0 aliphatic heterocycles. The van der Waals surface area contributed by atoms with E-state index >= 15 is 0 Å². The van der Waals surface area contributed by atoms with Crippen molar-refractivity contribution in [1.82, 2.24) is 0 Å². The summed E-state index contributed by atoms with van der Waals surface area (Å²) in [5.74, 6) is -0.199. The fourth-order valence-corrected chi connectivity index (χ4v) is 1.37. The van der Waals surface area contributed by atoms with E-state index in [4.69, 9.17) is 9.52 Å². The third kappa shape index (κ3) is 3.63. The highest BCUT2D eigenvalue weighted by atomic mass is 16.4. The Kier molecular flexibility index (Phi) is 6.71. The van der Waals surface area contributed by atoms with Crippen molar-refractivity contribution in [3.8, 4) is 0 Å². The lowest BCUT2D eigenvalue weighted by molar-refractivity contribution is 0.0699. The first kappa shape index (κ1) is 15.2. The van der Waals surface area contributed by atoms with Gasteiger partial charge in [0.05, 0.1) is 5.56 Å². The Morgan fingerprint density at radius 1 is 1.18 bits per heavy atom. The van der Waals surface area contributed by atoms with Crippen molar-refractivity contribution < 1.29 is 14.3 Å². The predicted octanol–water partition coefficient (Wildman–Crippen LogP) is 4.49. The van der Waals surface area contributed by atoms with Crippen LogP contribution in [0.2, 0.25) is 0 Å². The summed E-state index contributed by atoms with van der Waals surface area (Å²) in [7, 11) is 0. The van der Waals surface area contributed by atoms with Crippen LogP contribution in [0.15, 0.2) is 28.7 Å². The van der Waals surface area contributed by atoms with Crippen molar-refractivity contribution in [1.29, 1.82) is 0 Å². The molecule has 2 aromatic rings. The lowest BCUT2D eigenvalue weighted by atomic mass is 10.1. The molecule has 17 heavy (non-hydrogen) atoms. The van der Waals surface area contributed by atoms with Gasteiger partial charge in [-0.25, -0.2) is 4.79 Å². The molecular weight excluding hydrogens is 216 g/mol. The lowest BCUT2D eigenvalue weighted by Gasteiger charge is -1.93. The Hall–Kier alpha value is -1.77. The van der Waals surface area contributed by atoms with Gasteiger partial charge in [0.25, 0.3) is 0 Å². The summed E-state index contributed by atoms with van der Waals surface area (Å²) in [6, 6.07) is 6.74. The maximum atomic E-state index is 10.8. The summed E-state index contributed by atoms with van der Waals surface area (Å²) in [6.45, 7) is 9.80. The predicted molar refractivity (Wildman–Crippen MR) is 70.6 cm³/mol. The van der Waals surface area contributed by atoms with Crippen LogP contribution in [0.4, 0.5) is 0 Å². The Bertz CT molecular complexity index is 469. The van der Waals surface area contributed by atoms with Crippen molar-refractivity contribution in [2.24, 2.45) is 0 Å². The molecule has 0 unspecified atom stereocenters. The molecular formula is C14H20O3. The van der Waals surface area contributed by atoms with Crippen molar-refractivity contribution in [2.75, 3.05) is 0 Å². The van der Waals surface area contributed by atoms with Gasteiger partial charge in [-0.05, 0) is 25.1 Å². The topological polar surface area (TPSA) is 50.4 Å². The van der Waals surface area contributed by atoms with Crippen LogP contribution < -0.4 is 0 Å². The van der Waals surface area contributed by atoms with E-state index in [2.05, 4.69) is 0 Å². The summed E-state index contributed by atoms with van der Waals surface area (Å²) in [5.41, 5.74) is 0.909. The van der Waals surface area contributed by atoms with Gasteiger partial charge in [-0.3, -0.25) is 0 Å². The van der Waals surface area contributed by atoms with E-state index in [0.29, 0.717) is 11.0 Å². The zero-order valence-corrected chi connectivity index (χ0v) is 11.1. The molecule has 3 heteroatoms. The van der Waals surface area contributed by atoms with E-state index in [1.54, 1.807) is 31.2 Å². The molecule has 0 fully saturated rings. The highest BCUT2D eigenvalue weighted by molar-refractivity contribution is 6.02. The van der Waals surface area contributed by atoms with Crippen molar-refractivity contribution in [3.05, 3.63) is 35.6 Å². The van der Waals surface area contributed by atoms with Crippen LogP contribution in [0.25, 0.3) is 11.0 Å². The third-order valence-electron chi connectivity index (χ3n) is 1.92. The molecule has 0 saturated carbocycles. The zero-order chi connectivity index (χ0) is 13.4.